The smallest absolute Gasteiger partial charge is 0.341 e. The minimum absolute atomic E-state index is 0.303. The van der Waals surface area contributed by atoms with E-state index in [1.165, 1.54) is 0 Å². The van der Waals surface area contributed by atoms with Crippen LogP contribution in [-0.2, 0) is 18.8 Å². The standard InChI is InChI=1S/C8H12N2O2.C6H9N3O/c1-4-12-8(11)7-5-10(3)9-6(7)2;1-4-5(6(7)10)3-9(2)8-4/h5H,4H2,1-3H3;3H,1-2H3,(H2,7,10). The molecule has 0 bridgehead atoms. The average molecular weight is 307 g/mol. The van der Waals surface area contributed by atoms with Gasteiger partial charge in [0.2, 0.25) is 0 Å². The van der Waals surface area contributed by atoms with Crippen molar-refractivity contribution in [3.8, 4) is 0 Å². The Morgan fingerprint density at radius 3 is 1.82 bits per heavy atom. The number of nitrogens with zero attached hydrogens (tertiary/aromatic N) is 4. The fourth-order valence-electron chi connectivity index (χ4n) is 1.85. The van der Waals surface area contributed by atoms with Gasteiger partial charge in [-0.1, -0.05) is 0 Å². The second-order valence-corrected chi connectivity index (χ2v) is 4.69. The van der Waals surface area contributed by atoms with Crippen LogP contribution in [0.1, 0.15) is 39.0 Å². The van der Waals surface area contributed by atoms with Crippen LogP contribution >= 0.6 is 0 Å². The molecule has 0 spiro atoms. The van der Waals surface area contributed by atoms with Gasteiger partial charge in [-0.3, -0.25) is 14.2 Å². The number of hydrogen-bond donors (Lipinski definition) is 1. The maximum absolute atomic E-state index is 11.2. The Kier molecular flexibility index (Phi) is 5.85. The molecule has 2 rings (SSSR count). The first-order chi connectivity index (χ1) is 10.3. The van der Waals surface area contributed by atoms with Crippen LogP contribution in [-0.4, -0.2) is 38.0 Å². The first-order valence-corrected chi connectivity index (χ1v) is 6.73. The lowest BCUT2D eigenvalue weighted by Crippen LogP contribution is -2.11. The monoisotopic (exact) mass is 307 g/mol. The Hall–Kier alpha value is -2.64. The normalized spacial score (nSPS) is 9.86. The fraction of sp³-hybridized carbons (Fsp3) is 0.429. The van der Waals surface area contributed by atoms with Gasteiger partial charge in [0.1, 0.15) is 5.56 Å². The van der Waals surface area contributed by atoms with E-state index < -0.39 is 5.91 Å². The number of nitrogens with two attached hydrogens (primary N) is 1. The molecule has 0 unspecified atom stereocenters. The summed E-state index contributed by atoms with van der Waals surface area (Å²) in [5.41, 5.74) is 7.45. The molecular weight excluding hydrogens is 286 g/mol. The molecule has 0 saturated carbocycles. The number of primary amides is 1. The molecule has 0 aliphatic heterocycles. The van der Waals surface area contributed by atoms with Gasteiger partial charge < -0.3 is 10.5 Å². The van der Waals surface area contributed by atoms with Crippen molar-refractivity contribution < 1.29 is 14.3 Å². The Morgan fingerprint density at radius 1 is 1.09 bits per heavy atom. The van der Waals surface area contributed by atoms with Crippen LogP contribution < -0.4 is 5.73 Å². The Bertz CT molecular complexity index is 672. The van der Waals surface area contributed by atoms with Gasteiger partial charge >= 0.3 is 5.97 Å². The molecule has 120 valence electrons. The zero-order valence-corrected chi connectivity index (χ0v) is 13.5. The number of carbonyl (C=O) groups excluding carboxylic acids is 2. The fourth-order valence-corrected chi connectivity index (χ4v) is 1.85. The summed E-state index contributed by atoms with van der Waals surface area (Å²) < 4.78 is 7.99. The van der Waals surface area contributed by atoms with Gasteiger partial charge in [0.15, 0.2) is 0 Å². The third-order valence-electron chi connectivity index (χ3n) is 2.79. The lowest BCUT2D eigenvalue weighted by molar-refractivity contribution is 0.0525. The molecule has 1 amide bonds. The summed E-state index contributed by atoms with van der Waals surface area (Å²) in [6.07, 6.45) is 3.27. The number of hydrogen-bond acceptors (Lipinski definition) is 5. The summed E-state index contributed by atoms with van der Waals surface area (Å²) in [5.74, 6) is -0.728. The predicted molar refractivity (Wildman–Crippen MR) is 80.4 cm³/mol. The molecule has 8 nitrogen and oxygen atoms in total. The molecule has 0 aliphatic rings. The maximum atomic E-state index is 11.2. The first kappa shape index (κ1) is 17.4. The van der Waals surface area contributed by atoms with E-state index in [9.17, 15) is 9.59 Å². The number of amides is 1. The summed E-state index contributed by atoms with van der Waals surface area (Å²) in [6, 6.07) is 0. The van der Waals surface area contributed by atoms with E-state index in [0.717, 1.165) is 0 Å². The van der Waals surface area contributed by atoms with Crippen molar-refractivity contribution in [3.63, 3.8) is 0 Å². The number of aryl methyl sites for hydroxylation is 4. The van der Waals surface area contributed by atoms with E-state index in [4.69, 9.17) is 10.5 Å². The van der Waals surface area contributed by atoms with Crippen LogP contribution in [0.15, 0.2) is 12.4 Å². The summed E-state index contributed by atoms with van der Waals surface area (Å²) in [6.45, 7) is 5.71. The molecule has 0 radical (unpaired) electrons. The zero-order chi connectivity index (χ0) is 16.9. The van der Waals surface area contributed by atoms with Gasteiger partial charge in [0.05, 0.1) is 23.6 Å². The molecule has 22 heavy (non-hydrogen) atoms. The maximum Gasteiger partial charge on any atom is 0.341 e. The van der Waals surface area contributed by atoms with Crippen LogP contribution in [0.25, 0.3) is 0 Å². The number of esters is 1. The van der Waals surface area contributed by atoms with Crippen molar-refractivity contribution in [2.45, 2.75) is 20.8 Å². The largest absolute Gasteiger partial charge is 0.462 e. The van der Waals surface area contributed by atoms with E-state index in [1.54, 1.807) is 56.6 Å². The molecule has 2 aromatic rings. The number of carbonyl (C=O) groups is 2. The van der Waals surface area contributed by atoms with Gasteiger partial charge in [-0.05, 0) is 20.8 Å². The van der Waals surface area contributed by atoms with Crippen LogP contribution in [0.3, 0.4) is 0 Å². The number of rotatable bonds is 3. The van der Waals surface area contributed by atoms with Crippen molar-refractivity contribution in [3.05, 3.63) is 34.9 Å². The molecular formula is C14H21N5O3. The Balaban J connectivity index is 0.000000224. The number of ether oxygens (including phenoxy) is 1. The molecule has 0 aliphatic carbocycles. The van der Waals surface area contributed by atoms with Crippen molar-refractivity contribution in [2.24, 2.45) is 19.8 Å². The van der Waals surface area contributed by atoms with E-state index in [-0.39, 0.29) is 5.97 Å². The van der Waals surface area contributed by atoms with Crippen LogP contribution in [0.4, 0.5) is 0 Å². The first-order valence-electron chi connectivity index (χ1n) is 6.73. The van der Waals surface area contributed by atoms with E-state index >= 15 is 0 Å². The second kappa shape index (κ2) is 7.39. The zero-order valence-electron chi connectivity index (χ0n) is 13.5. The Morgan fingerprint density at radius 2 is 1.55 bits per heavy atom. The third kappa shape index (κ3) is 4.44. The van der Waals surface area contributed by atoms with Crippen LogP contribution in [0, 0.1) is 13.8 Å². The molecule has 2 heterocycles. The summed E-state index contributed by atoms with van der Waals surface area (Å²) in [4.78, 5) is 21.8. The SMILES string of the molecule is CCOC(=O)c1cn(C)nc1C.Cc1nn(C)cc1C(N)=O. The van der Waals surface area contributed by atoms with Gasteiger partial charge in [-0.25, -0.2) is 4.79 Å². The highest BCUT2D eigenvalue weighted by Gasteiger charge is 2.12. The van der Waals surface area contributed by atoms with Crippen molar-refractivity contribution in [2.75, 3.05) is 6.61 Å². The summed E-state index contributed by atoms with van der Waals surface area (Å²) in [5, 5.41) is 7.98. The van der Waals surface area contributed by atoms with Crippen molar-refractivity contribution in [1.82, 2.24) is 19.6 Å². The molecule has 0 fully saturated rings. The van der Waals surface area contributed by atoms with Gasteiger partial charge in [-0.2, -0.15) is 10.2 Å². The van der Waals surface area contributed by atoms with Crippen LogP contribution in [0.5, 0.6) is 0 Å². The van der Waals surface area contributed by atoms with Gasteiger partial charge in [0, 0.05) is 26.5 Å². The molecule has 0 aromatic carbocycles. The lowest BCUT2D eigenvalue weighted by Gasteiger charge is -1.97. The topological polar surface area (TPSA) is 105 Å². The van der Waals surface area contributed by atoms with Gasteiger partial charge in [0.25, 0.3) is 5.91 Å². The predicted octanol–water partition coefficient (Wildman–Crippen LogP) is 0.733. The quantitative estimate of drug-likeness (QED) is 0.842. The summed E-state index contributed by atoms with van der Waals surface area (Å²) in [7, 11) is 3.52. The van der Waals surface area contributed by atoms with E-state index in [0.29, 0.717) is 29.1 Å². The average Bonchev–Trinajstić information content (AvgIpc) is 2.92. The minimum atomic E-state index is -0.425. The van der Waals surface area contributed by atoms with E-state index in [1.807, 2.05) is 0 Å². The van der Waals surface area contributed by atoms with E-state index in [2.05, 4.69) is 10.2 Å². The van der Waals surface area contributed by atoms with Crippen LogP contribution in [0.2, 0.25) is 0 Å². The summed E-state index contributed by atoms with van der Waals surface area (Å²) >= 11 is 0. The molecule has 2 N–H and O–H groups in total. The molecule has 2 aromatic heterocycles. The molecule has 8 heteroatoms. The highest BCUT2D eigenvalue weighted by atomic mass is 16.5. The molecule has 0 atom stereocenters. The van der Waals surface area contributed by atoms with Crippen molar-refractivity contribution in [1.29, 1.82) is 0 Å². The minimum Gasteiger partial charge on any atom is -0.462 e. The lowest BCUT2D eigenvalue weighted by atomic mass is 10.2. The third-order valence-corrected chi connectivity index (χ3v) is 2.79. The van der Waals surface area contributed by atoms with Crippen molar-refractivity contribution >= 4 is 11.9 Å². The highest BCUT2D eigenvalue weighted by molar-refractivity contribution is 5.93. The number of aromatic nitrogens is 4. The highest BCUT2D eigenvalue weighted by Crippen LogP contribution is 2.06. The molecule has 0 saturated heterocycles. The second-order valence-electron chi connectivity index (χ2n) is 4.69. The Labute approximate surface area is 128 Å². The van der Waals surface area contributed by atoms with Gasteiger partial charge in [-0.15, -0.1) is 0 Å².